The van der Waals surface area contributed by atoms with E-state index < -0.39 is 11.8 Å². The van der Waals surface area contributed by atoms with Gasteiger partial charge in [-0.3, -0.25) is 14.9 Å². The van der Waals surface area contributed by atoms with Gasteiger partial charge in [-0.05, 0) is 61.1 Å². The first-order valence-electron chi connectivity index (χ1n) is 10.7. The van der Waals surface area contributed by atoms with Gasteiger partial charge in [0, 0.05) is 11.6 Å². The number of nitrogens with zero attached hydrogens (tertiary/aromatic N) is 1. The normalized spacial score (nSPS) is 15.1. The number of thiocarbonyl (C=S) groups is 1. The standard InChI is InChI=1S/C26H24N2O5S/c1-15(2)33-22-12-9-16-7-5-6-8-18(16)19(22)14-20-24(29)27-26(34)28(25(20)30)21-11-10-17(31-3)13-23(21)32-4/h5-15H,1-4H3,(H,27,29,34)/b20-14+. The molecule has 0 radical (unpaired) electrons. The number of ether oxygens (including phenoxy) is 3. The Balaban J connectivity index is 1.87. The average molecular weight is 477 g/mol. The fourth-order valence-corrected chi connectivity index (χ4v) is 4.05. The molecule has 174 valence electrons. The first-order valence-corrected chi connectivity index (χ1v) is 11.1. The molecule has 1 aliphatic heterocycles. The Morgan fingerprint density at radius 2 is 1.74 bits per heavy atom. The zero-order valence-electron chi connectivity index (χ0n) is 19.2. The smallest absolute Gasteiger partial charge is 0.270 e. The maximum atomic E-state index is 13.6. The third-order valence-electron chi connectivity index (χ3n) is 5.31. The van der Waals surface area contributed by atoms with Crippen LogP contribution in [0.1, 0.15) is 19.4 Å². The summed E-state index contributed by atoms with van der Waals surface area (Å²) in [4.78, 5) is 27.8. The summed E-state index contributed by atoms with van der Waals surface area (Å²) in [6.45, 7) is 3.83. The minimum atomic E-state index is -0.581. The van der Waals surface area contributed by atoms with Crippen molar-refractivity contribution in [1.29, 1.82) is 0 Å². The second kappa shape index (κ2) is 9.52. The Bertz CT molecular complexity index is 1330. The van der Waals surface area contributed by atoms with E-state index in [2.05, 4.69) is 5.32 Å². The lowest BCUT2D eigenvalue weighted by molar-refractivity contribution is -0.122. The van der Waals surface area contributed by atoms with Crippen molar-refractivity contribution in [3.63, 3.8) is 0 Å². The number of anilines is 1. The van der Waals surface area contributed by atoms with Crippen LogP contribution in [0.3, 0.4) is 0 Å². The second-order valence-electron chi connectivity index (χ2n) is 7.86. The molecule has 4 rings (SSSR count). The van der Waals surface area contributed by atoms with E-state index >= 15 is 0 Å². The monoisotopic (exact) mass is 476 g/mol. The van der Waals surface area contributed by atoms with Crippen molar-refractivity contribution < 1.29 is 23.8 Å². The van der Waals surface area contributed by atoms with Crippen LogP contribution in [0.4, 0.5) is 5.69 Å². The Kier molecular flexibility index (Phi) is 6.51. The largest absolute Gasteiger partial charge is 0.497 e. The molecule has 1 N–H and O–H groups in total. The second-order valence-corrected chi connectivity index (χ2v) is 8.25. The minimum Gasteiger partial charge on any atom is -0.497 e. The number of nitrogens with one attached hydrogen (secondary N) is 1. The van der Waals surface area contributed by atoms with Crippen LogP contribution in [0.5, 0.6) is 17.2 Å². The van der Waals surface area contributed by atoms with Crippen LogP contribution in [-0.2, 0) is 9.59 Å². The van der Waals surface area contributed by atoms with E-state index in [0.717, 1.165) is 10.8 Å². The van der Waals surface area contributed by atoms with Gasteiger partial charge < -0.3 is 14.2 Å². The van der Waals surface area contributed by atoms with E-state index in [1.165, 1.54) is 19.1 Å². The van der Waals surface area contributed by atoms with Crippen LogP contribution in [0, 0.1) is 0 Å². The fraction of sp³-hybridized carbons (Fsp3) is 0.192. The first-order chi connectivity index (χ1) is 16.3. The molecule has 2 amide bonds. The van der Waals surface area contributed by atoms with Gasteiger partial charge in [0.15, 0.2) is 5.11 Å². The summed E-state index contributed by atoms with van der Waals surface area (Å²) in [7, 11) is 3.02. The Morgan fingerprint density at radius 3 is 2.44 bits per heavy atom. The molecule has 1 aliphatic rings. The summed E-state index contributed by atoms with van der Waals surface area (Å²) >= 11 is 5.34. The molecule has 0 unspecified atom stereocenters. The highest BCUT2D eigenvalue weighted by Crippen LogP contribution is 2.36. The van der Waals surface area contributed by atoms with E-state index in [9.17, 15) is 9.59 Å². The molecule has 3 aromatic rings. The minimum absolute atomic E-state index is 0.0350. The molecule has 0 bridgehead atoms. The third-order valence-corrected chi connectivity index (χ3v) is 5.60. The molecule has 0 atom stereocenters. The van der Waals surface area contributed by atoms with Crippen molar-refractivity contribution in [3.05, 3.63) is 65.7 Å². The number of fused-ring (bicyclic) bond motifs is 1. The summed E-state index contributed by atoms with van der Waals surface area (Å²) in [5.41, 5.74) is 0.956. The number of methoxy groups -OCH3 is 2. The molecule has 1 saturated heterocycles. The number of carbonyl (C=O) groups is 2. The van der Waals surface area contributed by atoms with Gasteiger partial charge in [-0.2, -0.15) is 0 Å². The molecular weight excluding hydrogens is 452 g/mol. The van der Waals surface area contributed by atoms with E-state index in [4.69, 9.17) is 26.4 Å². The predicted octanol–water partition coefficient (Wildman–Crippen LogP) is 4.48. The number of carbonyl (C=O) groups excluding carboxylic acids is 2. The highest BCUT2D eigenvalue weighted by molar-refractivity contribution is 7.80. The summed E-state index contributed by atoms with van der Waals surface area (Å²) < 4.78 is 16.7. The van der Waals surface area contributed by atoms with E-state index in [1.807, 2.05) is 50.2 Å². The van der Waals surface area contributed by atoms with Crippen LogP contribution >= 0.6 is 12.2 Å². The summed E-state index contributed by atoms with van der Waals surface area (Å²) in [6, 6.07) is 16.5. The number of hydrogen-bond donors (Lipinski definition) is 1. The molecule has 0 saturated carbocycles. The Morgan fingerprint density at radius 1 is 0.971 bits per heavy atom. The van der Waals surface area contributed by atoms with Crippen molar-refractivity contribution in [2.75, 3.05) is 19.1 Å². The van der Waals surface area contributed by atoms with E-state index in [1.54, 1.807) is 24.3 Å². The van der Waals surface area contributed by atoms with E-state index in [0.29, 0.717) is 28.5 Å². The SMILES string of the molecule is COc1ccc(N2C(=O)/C(=C/c3c(OC(C)C)ccc4ccccc34)C(=O)NC2=S)c(OC)c1. The lowest BCUT2D eigenvalue weighted by Crippen LogP contribution is -2.54. The van der Waals surface area contributed by atoms with Gasteiger partial charge in [0.05, 0.1) is 26.0 Å². The molecule has 1 fully saturated rings. The molecule has 8 heteroatoms. The highest BCUT2D eigenvalue weighted by atomic mass is 32.1. The van der Waals surface area contributed by atoms with Crippen LogP contribution in [0.25, 0.3) is 16.8 Å². The number of rotatable bonds is 6. The van der Waals surface area contributed by atoms with Crippen LogP contribution < -0.4 is 24.4 Å². The molecule has 1 heterocycles. The van der Waals surface area contributed by atoms with Crippen molar-refractivity contribution in [2.45, 2.75) is 20.0 Å². The zero-order chi connectivity index (χ0) is 24.4. The van der Waals surface area contributed by atoms with Crippen LogP contribution in [0.2, 0.25) is 0 Å². The van der Waals surface area contributed by atoms with Gasteiger partial charge >= 0.3 is 0 Å². The predicted molar refractivity (Wildman–Crippen MR) is 135 cm³/mol. The van der Waals surface area contributed by atoms with Crippen LogP contribution in [0.15, 0.2) is 60.2 Å². The zero-order valence-corrected chi connectivity index (χ0v) is 20.1. The molecule has 34 heavy (non-hydrogen) atoms. The molecule has 0 aromatic heterocycles. The van der Waals surface area contributed by atoms with Gasteiger partial charge in [-0.25, -0.2) is 4.90 Å². The summed E-state index contributed by atoms with van der Waals surface area (Å²) in [5, 5.41) is 4.40. The maximum Gasteiger partial charge on any atom is 0.270 e. The Labute approximate surface area is 202 Å². The van der Waals surface area contributed by atoms with Crippen molar-refractivity contribution in [2.24, 2.45) is 0 Å². The third kappa shape index (κ3) is 4.32. The number of hydrogen-bond acceptors (Lipinski definition) is 6. The topological polar surface area (TPSA) is 77.1 Å². The fourth-order valence-electron chi connectivity index (χ4n) is 3.77. The lowest BCUT2D eigenvalue weighted by Gasteiger charge is -2.30. The molecule has 3 aromatic carbocycles. The summed E-state index contributed by atoms with van der Waals surface area (Å²) in [6.07, 6.45) is 1.46. The average Bonchev–Trinajstić information content (AvgIpc) is 2.82. The summed E-state index contributed by atoms with van der Waals surface area (Å²) in [5.74, 6) is 0.355. The number of amides is 2. The van der Waals surface area contributed by atoms with Gasteiger partial charge in [-0.1, -0.05) is 30.3 Å². The van der Waals surface area contributed by atoms with Gasteiger partial charge in [0.2, 0.25) is 0 Å². The van der Waals surface area contributed by atoms with Gasteiger partial charge in [-0.15, -0.1) is 0 Å². The molecular formula is C26H24N2O5S. The quantitative estimate of drug-likeness (QED) is 0.321. The molecule has 7 nitrogen and oxygen atoms in total. The van der Waals surface area contributed by atoms with Gasteiger partial charge in [0.1, 0.15) is 22.8 Å². The number of benzene rings is 3. The van der Waals surface area contributed by atoms with Gasteiger partial charge in [0.25, 0.3) is 11.8 Å². The highest BCUT2D eigenvalue weighted by Gasteiger charge is 2.36. The lowest BCUT2D eigenvalue weighted by atomic mass is 9.99. The Hall–Kier alpha value is -3.91. The van der Waals surface area contributed by atoms with Crippen molar-refractivity contribution >= 4 is 51.7 Å². The first kappa shape index (κ1) is 23.3. The molecule has 0 spiro atoms. The van der Waals surface area contributed by atoms with Crippen molar-refractivity contribution in [3.8, 4) is 17.2 Å². The van der Waals surface area contributed by atoms with E-state index in [-0.39, 0.29) is 16.8 Å². The van der Waals surface area contributed by atoms with Crippen LogP contribution in [-0.4, -0.2) is 37.3 Å². The molecule has 0 aliphatic carbocycles. The van der Waals surface area contributed by atoms with Crippen molar-refractivity contribution in [1.82, 2.24) is 5.32 Å². The maximum absolute atomic E-state index is 13.6.